The second-order valence-electron chi connectivity index (χ2n) is 2.89. The van der Waals surface area contributed by atoms with Crippen LogP contribution in [0.2, 0.25) is 0 Å². The number of hydrogen-bond acceptors (Lipinski definition) is 2. The zero-order valence-electron chi connectivity index (χ0n) is 7.40. The number of carboxylic acid groups (broad SMARTS) is 1. The fourth-order valence-corrected chi connectivity index (χ4v) is 1.29. The van der Waals surface area contributed by atoms with Crippen LogP contribution in [0.3, 0.4) is 0 Å². The Morgan fingerprint density at radius 2 is 2.33 bits per heavy atom. The lowest BCUT2D eigenvalue weighted by atomic mass is 10.1. The summed E-state index contributed by atoms with van der Waals surface area (Å²) in [6.07, 6.45) is 1.63. The first-order chi connectivity index (χ1) is 5.54. The topological polar surface area (TPSA) is 55.1 Å². The molecule has 0 aliphatic heterocycles. The van der Waals surface area contributed by atoms with Gasteiger partial charge in [-0.1, -0.05) is 0 Å². The molecule has 1 N–H and O–H groups in total. The van der Waals surface area contributed by atoms with Gasteiger partial charge in [-0.3, -0.25) is 4.79 Å². The quantitative estimate of drug-likeness (QED) is 0.714. The molecule has 0 amide bonds. The number of rotatable bonds is 2. The van der Waals surface area contributed by atoms with Crippen LogP contribution in [0.25, 0.3) is 0 Å². The van der Waals surface area contributed by atoms with Crippen LogP contribution in [-0.2, 0) is 11.8 Å². The fraction of sp³-hybridized carbons (Fsp3) is 0.500. The highest BCUT2D eigenvalue weighted by Gasteiger charge is 2.19. The molecule has 66 valence electrons. The summed E-state index contributed by atoms with van der Waals surface area (Å²) < 4.78 is 1.74. The highest BCUT2D eigenvalue weighted by molar-refractivity contribution is 5.75. The van der Waals surface area contributed by atoms with Crippen molar-refractivity contribution in [3.8, 4) is 0 Å². The monoisotopic (exact) mass is 168 g/mol. The van der Waals surface area contributed by atoms with Crippen LogP contribution in [0.5, 0.6) is 0 Å². The van der Waals surface area contributed by atoms with E-state index in [1.165, 1.54) is 0 Å². The third-order valence-electron chi connectivity index (χ3n) is 1.96. The third kappa shape index (κ3) is 1.32. The van der Waals surface area contributed by atoms with Crippen molar-refractivity contribution in [1.29, 1.82) is 0 Å². The number of nitrogens with zero attached hydrogens (tertiary/aromatic N) is 2. The lowest BCUT2D eigenvalue weighted by Gasteiger charge is -2.07. The van der Waals surface area contributed by atoms with Crippen molar-refractivity contribution in [2.24, 2.45) is 7.05 Å². The zero-order chi connectivity index (χ0) is 9.30. The first kappa shape index (κ1) is 8.77. The van der Waals surface area contributed by atoms with E-state index in [1.54, 1.807) is 24.9 Å². The summed E-state index contributed by atoms with van der Waals surface area (Å²) >= 11 is 0. The van der Waals surface area contributed by atoms with E-state index in [1.807, 2.05) is 6.92 Å². The molecular weight excluding hydrogens is 156 g/mol. The summed E-state index contributed by atoms with van der Waals surface area (Å²) in [4.78, 5) is 14.7. The maximum atomic E-state index is 10.7. The number of aliphatic carboxylic acids is 1. The Labute approximate surface area is 70.9 Å². The Balaban J connectivity index is 3.08. The fourth-order valence-electron chi connectivity index (χ4n) is 1.29. The Kier molecular flexibility index (Phi) is 2.17. The average molecular weight is 168 g/mol. The molecule has 1 unspecified atom stereocenters. The second kappa shape index (κ2) is 2.97. The van der Waals surface area contributed by atoms with Gasteiger partial charge in [0.1, 0.15) is 0 Å². The van der Waals surface area contributed by atoms with Gasteiger partial charge in [-0.2, -0.15) is 0 Å². The summed E-state index contributed by atoms with van der Waals surface area (Å²) in [5, 5.41) is 8.76. The van der Waals surface area contributed by atoms with Gasteiger partial charge in [0, 0.05) is 7.05 Å². The summed E-state index contributed by atoms with van der Waals surface area (Å²) in [6.45, 7) is 3.47. The van der Waals surface area contributed by atoms with E-state index >= 15 is 0 Å². The molecule has 12 heavy (non-hydrogen) atoms. The lowest BCUT2D eigenvalue weighted by Crippen LogP contribution is -2.12. The maximum Gasteiger partial charge on any atom is 0.312 e. The number of carboxylic acids is 1. The molecule has 4 heteroatoms. The number of carbonyl (C=O) groups is 1. The van der Waals surface area contributed by atoms with E-state index < -0.39 is 11.9 Å². The molecule has 0 spiro atoms. The first-order valence-electron chi connectivity index (χ1n) is 3.74. The van der Waals surface area contributed by atoms with Crippen LogP contribution in [0, 0.1) is 6.92 Å². The molecule has 1 heterocycles. The number of aryl methyl sites for hydroxylation is 2. The van der Waals surface area contributed by atoms with Crippen molar-refractivity contribution in [1.82, 2.24) is 9.55 Å². The summed E-state index contributed by atoms with van der Waals surface area (Å²) in [7, 11) is 1.80. The van der Waals surface area contributed by atoms with Gasteiger partial charge in [-0.15, -0.1) is 0 Å². The summed E-state index contributed by atoms with van der Waals surface area (Å²) in [5.41, 5.74) is 1.55. The van der Waals surface area contributed by atoms with Crippen LogP contribution in [0.1, 0.15) is 24.2 Å². The minimum atomic E-state index is -0.818. The molecule has 0 aliphatic rings. The lowest BCUT2D eigenvalue weighted by molar-refractivity contribution is -0.138. The molecule has 0 bridgehead atoms. The molecular formula is C8H12N2O2. The maximum absolute atomic E-state index is 10.7. The van der Waals surface area contributed by atoms with E-state index in [0.29, 0.717) is 0 Å². The van der Waals surface area contributed by atoms with Gasteiger partial charge in [-0.25, -0.2) is 4.98 Å². The molecule has 0 aromatic carbocycles. The molecule has 1 aromatic heterocycles. The van der Waals surface area contributed by atoms with Crippen LogP contribution >= 0.6 is 0 Å². The van der Waals surface area contributed by atoms with Gasteiger partial charge >= 0.3 is 5.97 Å². The molecule has 0 radical (unpaired) electrons. The molecule has 4 nitrogen and oxygen atoms in total. The Hall–Kier alpha value is -1.32. The highest BCUT2D eigenvalue weighted by Crippen LogP contribution is 2.17. The van der Waals surface area contributed by atoms with Crippen molar-refractivity contribution < 1.29 is 9.90 Å². The van der Waals surface area contributed by atoms with Gasteiger partial charge in [0.05, 0.1) is 23.6 Å². The van der Waals surface area contributed by atoms with Crippen LogP contribution < -0.4 is 0 Å². The predicted molar refractivity (Wildman–Crippen MR) is 44.0 cm³/mol. The minimum absolute atomic E-state index is 0.488. The molecule has 0 saturated carbocycles. The standard InChI is InChI=1S/C8H12N2O2/c1-5(8(11)12)7-6(2)9-4-10(7)3/h4-5H,1-3H3,(H,11,12). The summed E-state index contributed by atoms with van der Waals surface area (Å²) in [5.74, 6) is -1.31. The van der Waals surface area contributed by atoms with Crippen molar-refractivity contribution in [2.45, 2.75) is 19.8 Å². The largest absolute Gasteiger partial charge is 0.481 e. The molecule has 0 saturated heterocycles. The molecule has 1 atom stereocenters. The number of hydrogen-bond donors (Lipinski definition) is 1. The van der Waals surface area contributed by atoms with Crippen molar-refractivity contribution in [3.63, 3.8) is 0 Å². The Morgan fingerprint density at radius 1 is 1.75 bits per heavy atom. The second-order valence-corrected chi connectivity index (χ2v) is 2.89. The van der Waals surface area contributed by atoms with Crippen LogP contribution in [0.15, 0.2) is 6.33 Å². The van der Waals surface area contributed by atoms with E-state index in [2.05, 4.69) is 4.98 Å². The third-order valence-corrected chi connectivity index (χ3v) is 1.96. The van der Waals surface area contributed by atoms with E-state index in [9.17, 15) is 4.79 Å². The SMILES string of the molecule is Cc1ncn(C)c1C(C)C(=O)O. The van der Waals surface area contributed by atoms with Gasteiger partial charge in [0.2, 0.25) is 0 Å². The zero-order valence-corrected chi connectivity index (χ0v) is 7.40. The molecule has 0 aliphatic carbocycles. The van der Waals surface area contributed by atoms with Crippen molar-refractivity contribution in [2.75, 3.05) is 0 Å². The van der Waals surface area contributed by atoms with Crippen LogP contribution in [-0.4, -0.2) is 20.6 Å². The Morgan fingerprint density at radius 3 is 2.67 bits per heavy atom. The van der Waals surface area contributed by atoms with Gasteiger partial charge < -0.3 is 9.67 Å². The Bertz CT molecular complexity index is 285. The van der Waals surface area contributed by atoms with Crippen molar-refractivity contribution in [3.05, 3.63) is 17.7 Å². The summed E-state index contributed by atoms with van der Waals surface area (Å²) in [6, 6.07) is 0. The highest BCUT2D eigenvalue weighted by atomic mass is 16.4. The van der Waals surface area contributed by atoms with E-state index in [4.69, 9.17) is 5.11 Å². The number of aromatic nitrogens is 2. The van der Waals surface area contributed by atoms with E-state index in [-0.39, 0.29) is 0 Å². The molecule has 1 rings (SSSR count). The minimum Gasteiger partial charge on any atom is -0.481 e. The van der Waals surface area contributed by atoms with E-state index in [0.717, 1.165) is 11.4 Å². The van der Waals surface area contributed by atoms with Crippen LogP contribution in [0.4, 0.5) is 0 Å². The van der Waals surface area contributed by atoms with Gasteiger partial charge in [-0.05, 0) is 13.8 Å². The average Bonchev–Trinajstić information content (AvgIpc) is 2.30. The number of imidazole rings is 1. The van der Waals surface area contributed by atoms with Gasteiger partial charge in [0.25, 0.3) is 0 Å². The predicted octanol–water partition coefficient (Wildman–Crippen LogP) is 0.917. The molecule has 1 aromatic rings. The van der Waals surface area contributed by atoms with Gasteiger partial charge in [0.15, 0.2) is 0 Å². The normalized spacial score (nSPS) is 12.9. The molecule has 0 fully saturated rings. The van der Waals surface area contributed by atoms with Crippen molar-refractivity contribution >= 4 is 5.97 Å². The first-order valence-corrected chi connectivity index (χ1v) is 3.74. The smallest absolute Gasteiger partial charge is 0.312 e.